The maximum absolute atomic E-state index is 12.6. The summed E-state index contributed by atoms with van der Waals surface area (Å²) in [5.41, 5.74) is 16.6. The van der Waals surface area contributed by atoms with E-state index in [0.29, 0.717) is 214 Å². The van der Waals surface area contributed by atoms with Crippen molar-refractivity contribution >= 4 is 87.3 Å². The summed E-state index contributed by atoms with van der Waals surface area (Å²) in [4.78, 5) is 129. The Morgan fingerprint density at radius 2 is 0.396 bits per heavy atom. The van der Waals surface area contributed by atoms with Gasteiger partial charge in [0.05, 0.1) is 119 Å². The topological polar surface area (TPSA) is 366 Å². The lowest BCUT2D eigenvalue weighted by Crippen LogP contribution is -2.33. The molecule has 0 aliphatic carbocycles. The van der Waals surface area contributed by atoms with Crippen LogP contribution in [0.3, 0.4) is 0 Å². The number of amides is 9. The van der Waals surface area contributed by atoms with Crippen LogP contribution in [0.5, 0.6) is 17.2 Å². The van der Waals surface area contributed by atoms with Crippen molar-refractivity contribution in [1.29, 1.82) is 0 Å². The predicted molar refractivity (Wildman–Crippen MR) is 593 cm³/mol. The number of anilines is 6. The number of nitrogens with zero attached hydrogens (tertiary/aromatic N) is 9. The Bertz CT molecular complexity index is 4730. The third-order valence-corrected chi connectivity index (χ3v) is 24.7. The van der Waals surface area contributed by atoms with Gasteiger partial charge in [-0.1, -0.05) is 89.2 Å². The number of rotatable bonds is 74. The molecule has 6 aromatic rings. The fourth-order valence-corrected chi connectivity index (χ4v) is 15.6. The molecule has 36 heteroatoms. The van der Waals surface area contributed by atoms with Gasteiger partial charge in [0, 0.05) is 134 Å². The van der Waals surface area contributed by atoms with Crippen LogP contribution in [0.15, 0.2) is 91.0 Å². The van der Waals surface area contributed by atoms with Gasteiger partial charge in [0.1, 0.15) is 17.2 Å². The van der Waals surface area contributed by atoms with E-state index in [1.165, 1.54) is 0 Å². The molecule has 0 aliphatic heterocycles. The molecule has 0 bridgehead atoms. The zero-order valence-electron chi connectivity index (χ0n) is 94.4. The minimum atomic E-state index is -0.135. The first-order chi connectivity index (χ1) is 71.3. The summed E-state index contributed by atoms with van der Waals surface area (Å²) in [6, 6.07) is 29.0. The van der Waals surface area contributed by atoms with Crippen LogP contribution in [0.2, 0.25) is 0 Å². The molecule has 0 aliphatic rings. The molecule has 0 saturated heterocycles. The van der Waals surface area contributed by atoms with Crippen LogP contribution in [-0.4, -0.2) is 397 Å². The molecular weight excluding hydrogens is 1900 g/mol. The molecule has 0 fully saturated rings. The van der Waals surface area contributed by atoms with Gasteiger partial charge < -0.3 is 103 Å². The molecular formula is C113H181N15O21. The van der Waals surface area contributed by atoms with Crippen molar-refractivity contribution in [2.24, 2.45) is 0 Å². The predicted octanol–water partition coefficient (Wildman–Crippen LogP) is 12.9. The second kappa shape index (κ2) is 76.0. The molecule has 0 saturated carbocycles. The van der Waals surface area contributed by atoms with Gasteiger partial charge >= 0.3 is 0 Å². The van der Waals surface area contributed by atoms with Crippen molar-refractivity contribution in [3.05, 3.63) is 158 Å². The number of ether oxygens (including phenoxy) is 12. The third-order valence-electron chi connectivity index (χ3n) is 24.7. The van der Waals surface area contributed by atoms with Crippen molar-refractivity contribution < 1.29 is 100.0 Å². The van der Waals surface area contributed by atoms with Crippen molar-refractivity contribution in [1.82, 2.24) is 44.1 Å². The minimum absolute atomic E-state index is 0.00942. The molecule has 0 spiro atoms. The summed E-state index contributed by atoms with van der Waals surface area (Å²) >= 11 is 0. The third kappa shape index (κ3) is 55.8. The van der Waals surface area contributed by atoms with Crippen LogP contribution < -0.4 is 46.1 Å². The SMILES string of the molecule is CCN(C)CC(=O)Nc1c(C)cc(OCC(=O)N(C)CCCOCCOCCOCCCN(C)C(=O)COc2cc(C)c(NC(=O)CN(CC)CC)c(C)c2)cc1C.CCN(CC)CC(=O)Nc1c(C)cc(OCC(=O)N(C)CCCOCCOCCOCCCN(C)CC(=O)Nc2c(C)cccc2C)cc1C.Cc1cccc(C)c1NC(=O)CN(C)CCCOCCOCCOCCCN(C)CC(=O)Nc1c(C)cccc1C. The summed E-state index contributed by atoms with van der Waals surface area (Å²) in [5.74, 6) is 1.15. The van der Waals surface area contributed by atoms with E-state index >= 15 is 0 Å². The molecule has 0 atom stereocenters. The number of carbonyl (C=O) groups is 9. The molecule has 0 aromatic heterocycles. The Morgan fingerprint density at radius 3 is 0.591 bits per heavy atom. The fourth-order valence-electron chi connectivity index (χ4n) is 15.6. The van der Waals surface area contributed by atoms with E-state index in [4.69, 9.17) is 56.8 Å². The van der Waals surface area contributed by atoms with E-state index in [-0.39, 0.29) is 73.0 Å². The lowest BCUT2D eigenvalue weighted by Gasteiger charge is -2.20. The van der Waals surface area contributed by atoms with Crippen molar-refractivity contribution in [3.63, 3.8) is 0 Å². The summed E-state index contributed by atoms with van der Waals surface area (Å²) in [6.45, 7) is 52.5. The monoisotopic (exact) mass is 2080 g/mol. The summed E-state index contributed by atoms with van der Waals surface area (Å²) < 4.78 is 67.9. The highest BCUT2D eigenvalue weighted by Gasteiger charge is 2.22. The Balaban J connectivity index is 0.000000472. The molecule has 149 heavy (non-hydrogen) atoms. The Labute approximate surface area is 889 Å². The van der Waals surface area contributed by atoms with Crippen molar-refractivity contribution in [3.8, 4) is 17.2 Å². The number of benzene rings is 6. The van der Waals surface area contributed by atoms with Gasteiger partial charge in [-0.05, 0) is 286 Å². The molecule has 6 aromatic carbocycles. The average Bonchev–Trinajstić information content (AvgIpc) is 0.826. The number of carbonyl (C=O) groups excluding carboxylic acids is 9. The van der Waals surface area contributed by atoms with Gasteiger partial charge in [0.25, 0.3) is 17.7 Å². The highest BCUT2D eigenvalue weighted by molar-refractivity contribution is 5.97. The molecule has 36 nitrogen and oxygen atoms in total. The van der Waals surface area contributed by atoms with E-state index in [2.05, 4.69) is 41.7 Å². The number of nitrogens with one attached hydrogen (secondary N) is 6. The number of para-hydroxylation sites is 3. The Hall–Kier alpha value is -10.7. The first kappa shape index (κ1) is 131. The van der Waals surface area contributed by atoms with Crippen LogP contribution in [0, 0.1) is 83.1 Å². The zero-order chi connectivity index (χ0) is 110. The second-order valence-electron chi connectivity index (χ2n) is 37.8. The lowest BCUT2D eigenvalue weighted by molar-refractivity contribution is -0.133. The van der Waals surface area contributed by atoms with Gasteiger partial charge in [-0.15, -0.1) is 0 Å². The summed E-state index contributed by atoms with van der Waals surface area (Å²) in [6.07, 6.45) is 4.58. The molecule has 0 heterocycles. The van der Waals surface area contributed by atoms with Crippen molar-refractivity contribution in [2.45, 2.75) is 156 Å². The number of hydrogen-bond acceptors (Lipinski definition) is 27. The largest absolute Gasteiger partial charge is 0.484 e. The molecule has 0 radical (unpaired) electrons. The van der Waals surface area contributed by atoms with E-state index in [9.17, 15) is 43.2 Å². The van der Waals surface area contributed by atoms with E-state index in [0.717, 1.165) is 173 Å². The average molecular weight is 2090 g/mol. The van der Waals surface area contributed by atoms with Gasteiger partial charge in [0.2, 0.25) is 35.4 Å². The molecule has 6 rings (SSSR count). The van der Waals surface area contributed by atoms with Crippen LogP contribution in [-0.2, 0) is 85.8 Å². The minimum Gasteiger partial charge on any atom is -0.484 e. The van der Waals surface area contributed by atoms with Gasteiger partial charge in [0.15, 0.2) is 19.8 Å². The van der Waals surface area contributed by atoms with E-state index < -0.39 is 0 Å². The van der Waals surface area contributed by atoms with E-state index in [1.54, 1.807) is 35.8 Å². The van der Waals surface area contributed by atoms with Gasteiger partial charge in [-0.3, -0.25) is 72.6 Å². The standard InChI is InChI=1S/C43H70N6O9.C38H61N5O7.C32H50N4O5/c1-11-46(8)28-38(50)44-42-32(4)24-36(25-33(42)5)57-30-40(52)47(9)16-14-18-54-20-22-56-23-21-55-19-15-17-48(10)41(53)31-58-37-26-34(6)43(35(7)27-37)45-39(51)29-49(12-2)13-3;1-9-43(10-2)27-35(45)40-38-31(5)24-33(25-32(38)6)50-28-36(46)42(8)17-13-19-48-21-23-49-22-20-47-18-12-16-41(7)26-34(44)39-37-29(3)14-11-15-30(37)4;1-25-11-7-12-26(2)31(25)33-29(37)23-35(5)15-9-17-39-19-21-41-22-20-40-18-10-16-36(6)24-30(38)34-32-27(3)13-8-14-28(32)4/h24-27H,11-23,28-31H2,1-10H3,(H,44,50)(H,45,51);11,14-15,24-25H,9-10,12-13,16-23,26-28H2,1-8H3,(H,39,44)(H,40,45);7-8,11-14H,9-10,15-24H2,1-6H3,(H,33,37)(H,34,38). The van der Waals surface area contributed by atoms with Crippen LogP contribution in [0.4, 0.5) is 34.1 Å². The molecule has 0 unspecified atom stereocenters. The molecule has 6 N–H and O–H groups in total. The normalized spacial score (nSPS) is 11.2. The summed E-state index contributed by atoms with van der Waals surface area (Å²) in [5, 5.41) is 18.1. The first-order valence-electron chi connectivity index (χ1n) is 52.6. The quantitative estimate of drug-likeness (QED) is 0.0193. The lowest BCUT2D eigenvalue weighted by atomic mass is 10.1. The smallest absolute Gasteiger partial charge is 0.260 e. The fraction of sp³-hybridized carbons (Fsp3) is 0.602. The maximum atomic E-state index is 12.6. The molecule has 834 valence electrons. The van der Waals surface area contributed by atoms with E-state index in [1.807, 2.05) is 256 Å². The Kier molecular flexibility index (Phi) is 66.6. The molecule has 9 amide bonds. The zero-order valence-corrected chi connectivity index (χ0v) is 94.4. The second-order valence-corrected chi connectivity index (χ2v) is 37.8. The number of aryl methyl sites for hydroxylation is 12. The highest BCUT2D eigenvalue weighted by Crippen LogP contribution is 2.31. The highest BCUT2D eigenvalue weighted by atomic mass is 16.6. The van der Waals surface area contributed by atoms with Crippen molar-refractivity contribution in [2.75, 3.05) is 331 Å². The number of hydrogen-bond donors (Lipinski definition) is 6. The first-order valence-corrected chi connectivity index (χ1v) is 52.6. The van der Waals surface area contributed by atoms with Gasteiger partial charge in [-0.2, -0.15) is 0 Å². The van der Waals surface area contributed by atoms with Crippen LogP contribution in [0.1, 0.15) is 140 Å². The number of likely N-dealkylation sites (N-methyl/N-ethyl adjacent to an activating group) is 9. The van der Waals surface area contributed by atoms with Crippen LogP contribution in [0.25, 0.3) is 0 Å². The summed E-state index contributed by atoms with van der Waals surface area (Å²) in [7, 11) is 12.9. The Morgan fingerprint density at radius 1 is 0.221 bits per heavy atom. The maximum Gasteiger partial charge on any atom is 0.260 e. The van der Waals surface area contributed by atoms with Crippen LogP contribution >= 0.6 is 0 Å². The van der Waals surface area contributed by atoms with Gasteiger partial charge in [-0.25, -0.2) is 0 Å².